The first-order chi connectivity index (χ1) is 24.8. The molecule has 0 spiro atoms. The lowest BCUT2D eigenvalue weighted by Crippen LogP contribution is -2.48. The summed E-state index contributed by atoms with van der Waals surface area (Å²) in [6.07, 6.45) is -6.41. The second-order valence-electron chi connectivity index (χ2n) is 13.4. The summed E-state index contributed by atoms with van der Waals surface area (Å²) in [5.41, 5.74) is 5.37. The highest BCUT2D eigenvalue weighted by Crippen LogP contribution is 2.26. The Morgan fingerprint density at radius 1 is 0.906 bits per heavy atom. The molecule has 2 heterocycles. The van der Waals surface area contributed by atoms with Crippen LogP contribution in [0.3, 0.4) is 0 Å². The van der Waals surface area contributed by atoms with E-state index in [4.69, 9.17) is 19.8 Å². The molecule has 2 saturated heterocycles. The van der Waals surface area contributed by atoms with Gasteiger partial charge in [-0.3, -0.25) is 9.69 Å². The van der Waals surface area contributed by atoms with Crippen molar-refractivity contribution in [2.75, 3.05) is 39.8 Å². The highest BCUT2D eigenvalue weighted by atomic mass is 19.4. The van der Waals surface area contributed by atoms with Gasteiger partial charge in [0.2, 0.25) is 0 Å². The first kappa shape index (κ1) is 42.9. The van der Waals surface area contributed by atoms with Crippen LogP contribution >= 0.6 is 0 Å². The number of nitrogens with one attached hydrogen (secondary N) is 2. The van der Waals surface area contributed by atoms with E-state index in [2.05, 4.69) is 47.7 Å². The number of alkyl halides is 6. The number of likely N-dealkylation sites (tertiary alicyclic amines) is 1. The van der Waals surface area contributed by atoms with Gasteiger partial charge < -0.3 is 30.1 Å². The zero-order valence-electron chi connectivity index (χ0n) is 29.3. The van der Waals surface area contributed by atoms with Crippen molar-refractivity contribution in [1.82, 2.24) is 15.5 Å². The standard InChI is InChI=1S/C33H41FN4O.2C2HF3O2/c1-25-22-37(15-14-35-25)23-27-8-6-10-29(18-27)31-20-26(12-13-32(31)34)21-36-33(39)30-11-7-9-28(19-30)24-38(2)16-4-3-5-17-38;2*3-2(4,5)1(6)7/h6-13,18-20,25,35H,3-5,14-17,21-24H2,1-2H3;2*(H,6,7)/t25-;;/m0../s1. The van der Waals surface area contributed by atoms with Crippen LogP contribution in [0.25, 0.3) is 11.1 Å². The number of piperidine rings is 1. The van der Waals surface area contributed by atoms with E-state index in [1.165, 1.54) is 49.5 Å². The highest BCUT2D eigenvalue weighted by Gasteiger charge is 2.38. The van der Waals surface area contributed by atoms with E-state index in [9.17, 15) is 35.5 Å². The second kappa shape index (κ2) is 19.0. The Hall–Kier alpha value is -4.54. The summed E-state index contributed by atoms with van der Waals surface area (Å²) in [5.74, 6) is -6.11. The van der Waals surface area contributed by atoms with E-state index in [0.29, 0.717) is 23.7 Å². The van der Waals surface area contributed by atoms with Crippen molar-refractivity contribution < 1.29 is 59.8 Å². The smallest absolute Gasteiger partial charge is 0.490 e. The van der Waals surface area contributed by atoms with Crippen LogP contribution in [0.2, 0.25) is 0 Å². The monoisotopic (exact) mass is 756 g/mol. The number of piperazine rings is 1. The van der Waals surface area contributed by atoms with Crippen molar-refractivity contribution in [2.24, 2.45) is 0 Å². The molecule has 2 fully saturated rings. The number of aliphatic carboxylic acids is 2. The number of carbonyl (C=O) groups excluding carboxylic acids is 2. The third kappa shape index (κ3) is 14.4. The number of hydrogen-bond donors (Lipinski definition) is 3. The molecule has 3 aromatic rings. The fraction of sp³-hybridized carbons (Fsp3) is 0.432. The minimum Gasteiger partial charge on any atom is -0.542 e. The van der Waals surface area contributed by atoms with Crippen LogP contribution in [0.15, 0.2) is 66.7 Å². The maximum Gasteiger partial charge on any atom is 0.490 e. The number of nitrogens with zero attached hydrogens (tertiary/aromatic N) is 2. The van der Waals surface area contributed by atoms with Gasteiger partial charge in [0.15, 0.2) is 0 Å². The van der Waals surface area contributed by atoms with E-state index in [1.807, 2.05) is 36.4 Å². The normalized spacial score (nSPS) is 17.3. The molecule has 2 aliphatic rings. The molecule has 53 heavy (non-hydrogen) atoms. The van der Waals surface area contributed by atoms with Crippen molar-refractivity contribution in [3.63, 3.8) is 0 Å². The maximum atomic E-state index is 14.9. The van der Waals surface area contributed by atoms with Gasteiger partial charge in [0.05, 0.1) is 20.1 Å². The molecule has 1 amide bonds. The van der Waals surface area contributed by atoms with E-state index >= 15 is 0 Å². The predicted octanol–water partition coefficient (Wildman–Crippen LogP) is 5.28. The molecule has 0 aliphatic carbocycles. The molecule has 0 aromatic heterocycles. The molecule has 3 N–H and O–H groups in total. The van der Waals surface area contributed by atoms with Gasteiger partial charge in [0, 0.05) is 55.5 Å². The molecule has 1 atom stereocenters. The molecule has 0 bridgehead atoms. The SMILES string of the molecule is C[C@H]1CN(Cc2cccc(-c3cc(CNC(=O)c4cccc(C[N+]5(C)CCCCC5)c4)ccc3F)c2)CCN1.O=C(O)C(F)(F)F.O=C([O-])C(F)(F)F. The summed E-state index contributed by atoms with van der Waals surface area (Å²) < 4.78 is 79.2. The van der Waals surface area contributed by atoms with Crippen molar-refractivity contribution >= 4 is 17.8 Å². The zero-order valence-corrected chi connectivity index (χ0v) is 29.3. The van der Waals surface area contributed by atoms with Crippen molar-refractivity contribution in [3.8, 4) is 11.1 Å². The van der Waals surface area contributed by atoms with Gasteiger partial charge in [-0.1, -0.05) is 36.4 Å². The molecule has 16 heteroatoms. The Kier molecular flexibility index (Phi) is 15.4. The van der Waals surface area contributed by atoms with Gasteiger partial charge in [0.25, 0.3) is 5.91 Å². The Balaban J connectivity index is 0.000000458. The van der Waals surface area contributed by atoms with E-state index < -0.39 is 24.3 Å². The number of amides is 1. The highest BCUT2D eigenvalue weighted by molar-refractivity contribution is 5.94. The molecular formula is C37H43F7N4O5. The fourth-order valence-corrected chi connectivity index (χ4v) is 6.12. The minimum atomic E-state index is -5.19. The Labute approximate surface area is 303 Å². The van der Waals surface area contributed by atoms with Crippen molar-refractivity contribution in [3.05, 3.63) is 94.8 Å². The number of hydrogen-bond acceptors (Lipinski definition) is 6. The molecule has 290 valence electrons. The molecule has 2 aliphatic heterocycles. The maximum absolute atomic E-state index is 14.9. The summed E-state index contributed by atoms with van der Waals surface area (Å²) >= 11 is 0. The third-order valence-corrected chi connectivity index (χ3v) is 8.70. The van der Waals surface area contributed by atoms with Crippen molar-refractivity contribution in [2.45, 2.75) is 64.2 Å². The number of halogens is 7. The number of carboxylic acids is 2. The topological polar surface area (TPSA) is 122 Å². The van der Waals surface area contributed by atoms with Crippen LogP contribution in [-0.2, 0) is 29.2 Å². The number of benzene rings is 3. The van der Waals surface area contributed by atoms with Crippen LogP contribution in [0.1, 0.15) is 53.2 Å². The number of quaternary nitrogens is 1. The molecule has 3 aromatic carbocycles. The molecule has 0 saturated carbocycles. The molecular weight excluding hydrogens is 713 g/mol. The van der Waals surface area contributed by atoms with E-state index in [0.717, 1.165) is 48.3 Å². The zero-order chi connectivity index (χ0) is 39.4. The van der Waals surface area contributed by atoms with Gasteiger partial charge in [-0.05, 0) is 73.2 Å². The fourth-order valence-electron chi connectivity index (χ4n) is 6.12. The van der Waals surface area contributed by atoms with Crippen LogP contribution in [0.5, 0.6) is 0 Å². The summed E-state index contributed by atoms with van der Waals surface area (Å²) in [6, 6.07) is 21.8. The van der Waals surface area contributed by atoms with E-state index in [-0.39, 0.29) is 11.7 Å². The lowest BCUT2D eigenvalue weighted by atomic mass is 10.00. The van der Waals surface area contributed by atoms with Crippen LogP contribution in [-0.4, -0.2) is 90.5 Å². The lowest BCUT2D eigenvalue weighted by molar-refractivity contribution is -0.926. The Morgan fingerprint density at radius 3 is 2.13 bits per heavy atom. The van der Waals surface area contributed by atoms with Crippen molar-refractivity contribution in [1.29, 1.82) is 0 Å². The lowest BCUT2D eigenvalue weighted by Gasteiger charge is -2.37. The summed E-state index contributed by atoms with van der Waals surface area (Å²) in [6.45, 7) is 9.77. The molecule has 9 nitrogen and oxygen atoms in total. The van der Waals surface area contributed by atoms with Gasteiger partial charge in [-0.2, -0.15) is 26.3 Å². The average molecular weight is 757 g/mol. The first-order valence-corrected chi connectivity index (χ1v) is 16.9. The van der Waals surface area contributed by atoms with Crippen LogP contribution in [0, 0.1) is 5.82 Å². The summed E-state index contributed by atoms with van der Waals surface area (Å²) in [4.78, 5) is 33.1. The predicted molar refractivity (Wildman–Crippen MR) is 180 cm³/mol. The summed E-state index contributed by atoms with van der Waals surface area (Å²) in [7, 11) is 2.32. The van der Waals surface area contributed by atoms with Gasteiger partial charge in [-0.25, -0.2) is 9.18 Å². The number of carboxylic acid groups (broad SMARTS) is 2. The molecule has 5 rings (SSSR count). The average Bonchev–Trinajstić information content (AvgIpc) is 3.08. The molecule has 0 unspecified atom stereocenters. The number of rotatable bonds is 8. The van der Waals surface area contributed by atoms with E-state index in [1.54, 1.807) is 6.07 Å². The van der Waals surface area contributed by atoms with Crippen LogP contribution in [0.4, 0.5) is 30.7 Å². The van der Waals surface area contributed by atoms with Crippen LogP contribution < -0.4 is 15.7 Å². The Morgan fingerprint density at radius 2 is 1.53 bits per heavy atom. The summed E-state index contributed by atoms with van der Waals surface area (Å²) in [5, 5.41) is 22.4. The molecule has 0 radical (unpaired) electrons. The number of carbonyl (C=O) groups is 3. The first-order valence-electron chi connectivity index (χ1n) is 16.9. The quantitative estimate of drug-likeness (QED) is 0.212. The minimum absolute atomic E-state index is 0.101. The van der Waals surface area contributed by atoms with Gasteiger partial charge in [-0.15, -0.1) is 0 Å². The Bertz CT molecular complexity index is 1670. The van der Waals surface area contributed by atoms with Gasteiger partial charge >= 0.3 is 18.3 Å². The van der Waals surface area contributed by atoms with Gasteiger partial charge in [0.1, 0.15) is 18.3 Å². The third-order valence-electron chi connectivity index (χ3n) is 8.70. The largest absolute Gasteiger partial charge is 0.542 e. The second-order valence-corrected chi connectivity index (χ2v) is 13.4.